The standard InChI is InChI=1S/C16H24N2O2/c1-12(2)10-18-16(19)13-5-3-7-15(9-13)20-11-14-6-4-8-17-14/h3,5,7,9,12,14,17H,4,6,8,10-11H2,1-2H3,(H,18,19). The maximum absolute atomic E-state index is 12.0. The molecule has 2 rings (SSSR count). The van der Waals surface area contributed by atoms with E-state index in [2.05, 4.69) is 24.5 Å². The van der Waals surface area contributed by atoms with E-state index in [1.165, 1.54) is 6.42 Å². The average Bonchev–Trinajstić information content (AvgIpc) is 2.96. The highest BCUT2D eigenvalue weighted by atomic mass is 16.5. The summed E-state index contributed by atoms with van der Waals surface area (Å²) in [7, 11) is 0. The molecule has 0 aliphatic carbocycles. The molecular weight excluding hydrogens is 252 g/mol. The maximum Gasteiger partial charge on any atom is 0.251 e. The van der Waals surface area contributed by atoms with E-state index in [1.807, 2.05) is 24.3 Å². The van der Waals surface area contributed by atoms with Gasteiger partial charge in [-0.2, -0.15) is 0 Å². The van der Waals surface area contributed by atoms with Gasteiger partial charge >= 0.3 is 0 Å². The second kappa shape index (κ2) is 7.29. The summed E-state index contributed by atoms with van der Waals surface area (Å²) in [5, 5.41) is 6.31. The third-order valence-corrected chi connectivity index (χ3v) is 3.38. The van der Waals surface area contributed by atoms with Gasteiger partial charge in [-0.1, -0.05) is 19.9 Å². The van der Waals surface area contributed by atoms with Gasteiger partial charge in [0, 0.05) is 18.2 Å². The molecular formula is C16H24N2O2. The fourth-order valence-electron chi connectivity index (χ4n) is 2.22. The number of rotatable bonds is 6. The van der Waals surface area contributed by atoms with Gasteiger partial charge in [-0.15, -0.1) is 0 Å². The summed E-state index contributed by atoms with van der Waals surface area (Å²) in [5.41, 5.74) is 0.655. The molecule has 1 heterocycles. The van der Waals surface area contributed by atoms with Gasteiger partial charge in [0.1, 0.15) is 12.4 Å². The van der Waals surface area contributed by atoms with E-state index in [0.29, 0.717) is 30.7 Å². The van der Waals surface area contributed by atoms with Crippen LogP contribution in [0.4, 0.5) is 0 Å². The minimum absolute atomic E-state index is 0.0388. The Morgan fingerprint density at radius 1 is 1.50 bits per heavy atom. The molecule has 110 valence electrons. The zero-order chi connectivity index (χ0) is 14.4. The Hall–Kier alpha value is -1.55. The van der Waals surface area contributed by atoms with Gasteiger partial charge in [-0.25, -0.2) is 0 Å². The van der Waals surface area contributed by atoms with Gasteiger partial charge in [0.2, 0.25) is 0 Å². The lowest BCUT2D eigenvalue weighted by Gasteiger charge is -2.13. The van der Waals surface area contributed by atoms with Gasteiger partial charge < -0.3 is 15.4 Å². The largest absolute Gasteiger partial charge is 0.492 e. The van der Waals surface area contributed by atoms with Gasteiger partial charge in [0.25, 0.3) is 5.91 Å². The highest BCUT2D eigenvalue weighted by Gasteiger charge is 2.14. The van der Waals surface area contributed by atoms with Crippen molar-refractivity contribution in [2.45, 2.75) is 32.7 Å². The van der Waals surface area contributed by atoms with E-state index >= 15 is 0 Å². The van der Waals surface area contributed by atoms with Crippen LogP contribution in [0.15, 0.2) is 24.3 Å². The first-order valence-electron chi connectivity index (χ1n) is 7.39. The Morgan fingerprint density at radius 3 is 3.05 bits per heavy atom. The Labute approximate surface area is 120 Å². The second-order valence-electron chi connectivity index (χ2n) is 5.74. The highest BCUT2D eigenvalue weighted by Crippen LogP contribution is 2.15. The number of ether oxygens (including phenoxy) is 1. The van der Waals surface area contributed by atoms with Crippen molar-refractivity contribution in [1.29, 1.82) is 0 Å². The first-order chi connectivity index (χ1) is 9.65. The SMILES string of the molecule is CC(C)CNC(=O)c1cccc(OCC2CCCN2)c1. The molecule has 0 aromatic heterocycles. The molecule has 20 heavy (non-hydrogen) atoms. The molecule has 2 N–H and O–H groups in total. The summed E-state index contributed by atoms with van der Waals surface area (Å²) < 4.78 is 5.76. The Morgan fingerprint density at radius 2 is 2.35 bits per heavy atom. The first kappa shape index (κ1) is 14.9. The van der Waals surface area contributed by atoms with Crippen molar-refractivity contribution in [3.8, 4) is 5.75 Å². The Kier molecular flexibility index (Phi) is 5.41. The van der Waals surface area contributed by atoms with Crippen molar-refractivity contribution in [3.05, 3.63) is 29.8 Å². The molecule has 1 saturated heterocycles. The van der Waals surface area contributed by atoms with Crippen LogP contribution in [0.2, 0.25) is 0 Å². The van der Waals surface area contributed by atoms with Crippen molar-refractivity contribution in [2.75, 3.05) is 19.7 Å². The van der Waals surface area contributed by atoms with Gasteiger partial charge in [0.15, 0.2) is 0 Å². The van der Waals surface area contributed by atoms with E-state index in [0.717, 1.165) is 18.7 Å². The summed E-state index contributed by atoms with van der Waals surface area (Å²) >= 11 is 0. The van der Waals surface area contributed by atoms with Crippen LogP contribution in [-0.2, 0) is 0 Å². The highest BCUT2D eigenvalue weighted by molar-refractivity contribution is 5.94. The van der Waals surface area contributed by atoms with Gasteiger partial charge in [-0.3, -0.25) is 4.79 Å². The van der Waals surface area contributed by atoms with Crippen LogP contribution >= 0.6 is 0 Å². The number of carbonyl (C=O) groups excluding carboxylic acids is 1. The fraction of sp³-hybridized carbons (Fsp3) is 0.562. The molecule has 0 spiro atoms. The first-order valence-corrected chi connectivity index (χ1v) is 7.39. The lowest BCUT2D eigenvalue weighted by atomic mass is 10.1. The van der Waals surface area contributed by atoms with Crippen molar-refractivity contribution in [3.63, 3.8) is 0 Å². The molecule has 1 aliphatic rings. The van der Waals surface area contributed by atoms with Crippen LogP contribution in [0.25, 0.3) is 0 Å². The van der Waals surface area contributed by atoms with E-state index in [-0.39, 0.29) is 5.91 Å². The number of nitrogens with one attached hydrogen (secondary N) is 2. The molecule has 1 aromatic rings. The molecule has 0 saturated carbocycles. The minimum atomic E-state index is -0.0388. The van der Waals surface area contributed by atoms with Crippen molar-refractivity contribution in [2.24, 2.45) is 5.92 Å². The smallest absolute Gasteiger partial charge is 0.251 e. The number of benzene rings is 1. The van der Waals surface area contributed by atoms with Crippen LogP contribution < -0.4 is 15.4 Å². The molecule has 1 aromatic carbocycles. The lowest BCUT2D eigenvalue weighted by molar-refractivity contribution is 0.0948. The third-order valence-electron chi connectivity index (χ3n) is 3.38. The van der Waals surface area contributed by atoms with Crippen LogP contribution in [-0.4, -0.2) is 31.6 Å². The third kappa shape index (κ3) is 4.53. The number of amides is 1. The van der Waals surface area contributed by atoms with Crippen molar-refractivity contribution in [1.82, 2.24) is 10.6 Å². The molecule has 0 bridgehead atoms. The normalized spacial score (nSPS) is 18.2. The Bertz CT molecular complexity index is 440. The van der Waals surface area contributed by atoms with Crippen LogP contribution in [0.5, 0.6) is 5.75 Å². The van der Waals surface area contributed by atoms with E-state index < -0.39 is 0 Å². The zero-order valence-electron chi connectivity index (χ0n) is 12.3. The quantitative estimate of drug-likeness (QED) is 0.837. The fourth-order valence-corrected chi connectivity index (χ4v) is 2.22. The topological polar surface area (TPSA) is 50.4 Å². The van der Waals surface area contributed by atoms with Gasteiger partial charge in [0.05, 0.1) is 0 Å². The second-order valence-corrected chi connectivity index (χ2v) is 5.74. The molecule has 1 unspecified atom stereocenters. The summed E-state index contributed by atoms with van der Waals surface area (Å²) in [6.07, 6.45) is 2.38. The molecule has 4 heteroatoms. The van der Waals surface area contributed by atoms with Crippen molar-refractivity contribution >= 4 is 5.91 Å². The molecule has 1 amide bonds. The zero-order valence-corrected chi connectivity index (χ0v) is 12.3. The molecule has 4 nitrogen and oxygen atoms in total. The predicted molar refractivity (Wildman–Crippen MR) is 80.1 cm³/mol. The van der Waals surface area contributed by atoms with E-state index in [1.54, 1.807) is 0 Å². The monoisotopic (exact) mass is 276 g/mol. The summed E-state index contributed by atoms with van der Waals surface area (Å²) in [5.74, 6) is 1.17. The number of hydrogen-bond acceptors (Lipinski definition) is 3. The average molecular weight is 276 g/mol. The van der Waals surface area contributed by atoms with Crippen LogP contribution in [0.1, 0.15) is 37.0 Å². The summed E-state index contributed by atoms with van der Waals surface area (Å²) in [6.45, 7) is 6.58. The molecule has 1 atom stereocenters. The molecule has 1 fully saturated rings. The van der Waals surface area contributed by atoms with E-state index in [4.69, 9.17) is 4.74 Å². The summed E-state index contributed by atoms with van der Waals surface area (Å²) in [4.78, 5) is 12.0. The molecule has 0 radical (unpaired) electrons. The van der Waals surface area contributed by atoms with Gasteiger partial charge in [-0.05, 0) is 43.5 Å². The van der Waals surface area contributed by atoms with Crippen LogP contribution in [0, 0.1) is 5.92 Å². The Balaban J connectivity index is 1.87. The van der Waals surface area contributed by atoms with Crippen LogP contribution in [0.3, 0.4) is 0 Å². The number of carbonyl (C=O) groups is 1. The lowest BCUT2D eigenvalue weighted by Crippen LogP contribution is -2.28. The number of hydrogen-bond donors (Lipinski definition) is 2. The molecule has 1 aliphatic heterocycles. The summed E-state index contributed by atoms with van der Waals surface area (Å²) in [6, 6.07) is 7.82. The van der Waals surface area contributed by atoms with Crippen molar-refractivity contribution < 1.29 is 9.53 Å². The maximum atomic E-state index is 12.0. The minimum Gasteiger partial charge on any atom is -0.492 e. The van der Waals surface area contributed by atoms with E-state index in [9.17, 15) is 4.79 Å². The predicted octanol–water partition coefficient (Wildman–Crippen LogP) is 2.20.